The van der Waals surface area contributed by atoms with Crippen LogP contribution in [0.25, 0.3) is 0 Å². The van der Waals surface area contributed by atoms with Gasteiger partial charge in [0, 0.05) is 23.2 Å². The van der Waals surface area contributed by atoms with Crippen molar-refractivity contribution in [1.82, 2.24) is 0 Å². The first kappa shape index (κ1) is 32.8. The molecule has 224 valence electrons. The summed E-state index contributed by atoms with van der Waals surface area (Å²) in [5.74, 6) is 1.67. The molecule has 1 N–H and O–H groups in total. The highest BCUT2D eigenvalue weighted by atomic mass is 79.9. The second kappa shape index (κ2) is 17.2. The molecule has 0 bridgehead atoms. The minimum absolute atomic E-state index is 0.0441. The van der Waals surface area contributed by atoms with Gasteiger partial charge in [0.05, 0.1) is 9.65 Å². The largest absolute Gasteiger partial charge is 0.489 e. The number of amides is 2. The Kier molecular flexibility index (Phi) is 13.1. The van der Waals surface area contributed by atoms with Gasteiger partial charge < -0.3 is 19.7 Å². The van der Waals surface area contributed by atoms with Gasteiger partial charge in [-0.15, -0.1) is 0 Å². The third kappa shape index (κ3) is 10.5. The Bertz CT molecular complexity index is 1420. The van der Waals surface area contributed by atoms with Crippen LogP contribution in [0.5, 0.6) is 11.5 Å². The average molecular weight is 773 g/mol. The number of halogens is 3. The SMILES string of the molecule is O=C(Nc1ccc(OCc2ccccc2)cc1)C(Br)CCBr.O=C1C(Br)CCN1c1ccc(OCc2ccccc2)cc1. The molecule has 0 radical (unpaired) electrons. The maximum atomic E-state index is 11.9. The maximum Gasteiger partial charge on any atom is 0.240 e. The van der Waals surface area contributed by atoms with Crippen molar-refractivity contribution in [2.24, 2.45) is 0 Å². The summed E-state index contributed by atoms with van der Waals surface area (Å²) in [5, 5.41) is 3.65. The number of nitrogens with zero attached hydrogens (tertiary/aromatic N) is 1. The van der Waals surface area contributed by atoms with E-state index in [9.17, 15) is 9.59 Å². The van der Waals surface area contributed by atoms with E-state index < -0.39 is 0 Å². The molecule has 1 heterocycles. The quantitative estimate of drug-likeness (QED) is 0.155. The number of alkyl halides is 3. The number of benzene rings is 4. The van der Waals surface area contributed by atoms with Crippen LogP contribution in [0, 0.1) is 0 Å². The molecule has 6 nitrogen and oxygen atoms in total. The van der Waals surface area contributed by atoms with Gasteiger partial charge >= 0.3 is 0 Å². The lowest BCUT2D eigenvalue weighted by Crippen LogP contribution is -2.26. The van der Waals surface area contributed by atoms with Crippen molar-refractivity contribution in [1.29, 1.82) is 0 Å². The van der Waals surface area contributed by atoms with Crippen LogP contribution < -0.4 is 19.7 Å². The van der Waals surface area contributed by atoms with Crippen LogP contribution in [-0.4, -0.2) is 33.3 Å². The molecule has 2 amide bonds. The summed E-state index contributed by atoms with van der Waals surface area (Å²) in [6.07, 6.45) is 1.59. The van der Waals surface area contributed by atoms with Crippen molar-refractivity contribution in [3.05, 3.63) is 120 Å². The van der Waals surface area contributed by atoms with Gasteiger partial charge in [-0.2, -0.15) is 0 Å². The van der Waals surface area contributed by atoms with E-state index in [-0.39, 0.29) is 21.5 Å². The lowest BCUT2D eigenvalue weighted by atomic mass is 10.2. The highest BCUT2D eigenvalue weighted by Gasteiger charge is 2.30. The van der Waals surface area contributed by atoms with Gasteiger partial charge in [0.25, 0.3) is 0 Å². The van der Waals surface area contributed by atoms with Crippen molar-refractivity contribution < 1.29 is 19.1 Å². The van der Waals surface area contributed by atoms with Crippen LogP contribution in [0.15, 0.2) is 109 Å². The van der Waals surface area contributed by atoms with E-state index in [1.165, 1.54) is 0 Å². The van der Waals surface area contributed by atoms with Gasteiger partial charge in [-0.3, -0.25) is 9.59 Å². The Morgan fingerprint density at radius 1 is 0.814 bits per heavy atom. The van der Waals surface area contributed by atoms with E-state index in [1.807, 2.05) is 109 Å². The summed E-state index contributed by atoms with van der Waals surface area (Å²) >= 11 is 10.1. The molecule has 0 spiro atoms. The minimum atomic E-state index is -0.194. The van der Waals surface area contributed by atoms with Gasteiger partial charge in [0.15, 0.2) is 0 Å². The van der Waals surface area contributed by atoms with Gasteiger partial charge in [0.1, 0.15) is 24.7 Å². The summed E-state index contributed by atoms with van der Waals surface area (Å²) in [4.78, 5) is 25.4. The molecule has 2 atom stereocenters. The van der Waals surface area contributed by atoms with Gasteiger partial charge in [-0.05, 0) is 72.5 Å². The number of hydrogen-bond donors (Lipinski definition) is 1. The summed E-state index contributed by atoms with van der Waals surface area (Å²) in [6, 6.07) is 35.1. The van der Waals surface area contributed by atoms with Crippen molar-refractivity contribution in [2.45, 2.75) is 35.7 Å². The number of ether oxygens (including phenoxy) is 2. The van der Waals surface area contributed by atoms with E-state index in [2.05, 4.69) is 53.1 Å². The summed E-state index contributed by atoms with van der Waals surface area (Å²) in [7, 11) is 0. The third-order valence-electron chi connectivity index (χ3n) is 6.55. The summed E-state index contributed by atoms with van der Waals surface area (Å²) < 4.78 is 11.5. The van der Waals surface area contributed by atoms with E-state index in [1.54, 1.807) is 4.90 Å². The fraction of sp³-hybridized carbons (Fsp3) is 0.235. The van der Waals surface area contributed by atoms with E-state index in [0.717, 1.165) is 58.7 Å². The molecule has 1 saturated heterocycles. The number of rotatable bonds is 11. The van der Waals surface area contributed by atoms with E-state index in [0.29, 0.717) is 13.2 Å². The van der Waals surface area contributed by atoms with E-state index in [4.69, 9.17) is 9.47 Å². The molecule has 0 aromatic heterocycles. The van der Waals surface area contributed by atoms with Crippen LogP contribution in [0.2, 0.25) is 0 Å². The van der Waals surface area contributed by atoms with Crippen LogP contribution in [0.3, 0.4) is 0 Å². The Morgan fingerprint density at radius 2 is 1.33 bits per heavy atom. The zero-order chi connectivity index (χ0) is 30.4. The molecule has 0 saturated carbocycles. The molecule has 5 rings (SSSR count). The molecule has 1 fully saturated rings. The molecule has 9 heteroatoms. The molecule has 0 aliphatic carbocycles. The van der Waals surface area contributed by atoms with Crippen molar-refractivity contribution in [3.8, 4) is 11.5 Å². The Morgan fingerprint density at radius 3 is 1.79 bits per heavy atom. The predicted molar refractivity (Wildman–Crippen MR) is 184 cm³/mol. The molecule has 1 aliphatic rings. The Hall–Kier alpha value is -3.14. The second-order valence-corrected chi connectivity index (χ2v) is 12.8. The molecule has 43 heavy (non-hydrogen) atoms. The summed E-state index contributed by atoms with van der Waals surface area (Å²) in [5.41, 5.74) is 3.94. The van der Waals surface area contributed by atoms with E-state index >= 15 is 0 Å². The molecule has 1 aliphatic heterocycles. The molecule has 4 aromatic rings. The number of carbonyl (C=O) groups excluding carboxylic acids is 2. The first-order valence-electron chi connectivity index (χ1n) is 13.9. The standard InChI is InChI=1S/C17H17Br2NO2.C17H16BrNO2/c18-11-10-16(19)17(21)20-14-6-8-15(9-7-14)22-12-13-4-2-1-3-5-13;18-16-10-11-19(17(16)20)14-6-8-15(9-7-14)21-12-13-4-2-1-3-5-13/h1-9,16H,10-12H2,(H,20,21);1-9,16H,10-12H2. The number of anilines is 2. The van der Waals surface area contributed by atoms with Crippen LogP contribution in [0.4, 0.5) is 11.4 Å². The van der Waals surface area contributed by atoms with Gasteiger partial charge in [0.2, 0.25) is 11.8 Å². The topological polar surface area (TPSA) is 67.9 Å². The molecule has 4 aromatic carbocycles. The normalized spacial score (nSPS) is 14.8. The first-order chi connectivity index (χ1) is 20.9. The van der Waals surface area contributed by atoms with Gasteiger partial charge in [-0.25, -0.2) is 0 Å². The fourth-order valence-electron chi connectivity index (χ4n) is 4.19. The predicted octanol–water partition coefficient (Wildman–Crippen LogP) is 8.52. The highest BCUT2D eigenvalue weighted by molar-refractivity contribution is 9.10. The zero-order valence-corrected chi connectivity index (χ0v) is 28.3. The highest BCUT2D eigenvalue weighted by Crippen LogP contribution is 2.27. The lowest BCUT2D eigenvalue weighted by Gasteiger charge is -2.16. The Labute approximate surface area is 278 Å². The zero-order valence-electron chi connectivity index (χ0n) is 23.5. The minimum Gasteiger partial charge on any atom is -0.489 e. The lowest BCUT2D eigenvalue weighted by molar-refractivity contribution is -0.117. The fourth-order valence-corrected chi connectivity index (χ4v) is 6.06. The van der Waals surface area contributed by atoms with Gasteiger partial charge in [-0.1, -0.05) is 108 Å². The summed E-state index contributed by atoms with van der Waals surface area (Å²) in [6.45, 7) is 1.84. The maximum absolute atomic E-state index is 11.9. The number of nitrogens with one attached hydrogen (secondary N) is 1. The third-order valence-corrected chi connectivity index (χ3v) is 8.74. The Balaban J connectivity index is 0.000000197. The first-order valence-corrected chi connectivity index (χ1v) is 16.9. The second-order valence-electron chi connectivity index (χ2n) is 9.75. The number of hydrogen-bond acceptors (Lipinski definition) is 4. The number of carbonyl (C=O) groups is 2. The average Bonchev–Trinajstić information content (AvgIpc) is 3.38. The molecular weight excluding hydrogens is 740 g/mol. The molecule has 2 unspecified atom stereocenters. The smallest absolute Gasteiger partial charge is 0.240 e. The molecular formula is C34H33Br3N2O4. The van der Waals surface area contributed by atoms with Crippen molar-refractivity contribution >= 4 is 71.0 Å². The van der Waals surface area contributed by atoms with Crippen molar-refractivity contribution in [3.63, 3.8) is 0 Å². The van der Waals surface area contributed by atoms with Crippen LogP contribution in [-0.2, 0) is 22.8 Å². The monoisotopic (exact) mass is 770 g/mol. The van der Waals surface area contributed by atoms with Crippen LogP contribution >= 0.6 is 47.8 Å². The van der Waals surface area contributed by atoms with Crippen LogP contribution in [0.1, 0.15) is 24.0 Å². The van der Waals surface area contributed by atoms with Crippen molar-refractivity contribution in [2.75, 3.05) is 22.1 Å².